The van der Waals surface area contributed by atoms with Crippen molar-refractivity contribution in [1.29, 1.82) is 0 Å². The van der Waals surface area contributed by atoms with E-state index < -0.39 is 45.2 Å². The summed E-state index contributed by atoms with van der Waals surface area (Å²) in [6, 6.07) is 12.2. The molecule has 1 saturated heterocycles. The topological polar surface area (TPSA) is 139 Å². The number of para-hydroxylation sites is 1. The van der Waals surface area contributed by atoms with E-state index in [2.05, 4.69) is 15.6 Å². The molecule has 0 spiro atoms. The van der Waals surface area contributed by atoms with Crippen molar-refractivity contribution in [2.75, 3.05) is 6.54 Å². The van der Waals surface area contributed by atoms with E-state index in [1.54, 1.807) is 31.2 Å². The Morgan fingerprint density at radius 2 is 1.79 bits per heavy atom. The summed E-state index contributed by atoms with van der Waals surface area (Å²) in [5.74, 6) is -1.21. The maximum atomic E-state index is 13.7. The summed E-state index contributed by atoms with van der Waals surface area (Å²) in [5.41, 5.74) is -0.611. The number of Topliss-reactive ketones (excluding diaryl/α,β-unsaturated/α-hetero) is 1. The van der Waals surface area contributed by atoms with Crippen molar-refractivity contribution in [1.82, 2.24) is 19.9 Å². The zero-order valence-corrected chi connectivity index (χ0v) is 22.6. The van der Waals surface area contributed by atoms with Crippen molar-refractivity contribution in [3.05, 3.63) is 60.5 Å². The number of benzene rings is 1. The lowest BCUT2D eigenvalue weighted by atomic mass is 9.80. The van der Waals surface area contributed by atoms with Crippen LogP contribution in [0.1, 0.15) is 62.4 Å². The van der Waals surface area contributed by atoms with Crippen molar-refractivity contribution < 1.29 is 27.2 Å². The van der Waals surface area contributed by atoms with Gasteiger partial charge >= 0.3 is 0 Å². The molecule has 2 aliphatic rings. The molecule has 5 rings (SSSR count). The van der Waals surface area contributed by atoms with Crippen LogP contribution in [0.25, 0.3) is 11.0 Å². The Hall–Kier alpha value is -3.57. The lowest BCUT2D eigenvalue weighted by Crippen LogP contribution is -2.62. The summed E-state index contributed by atoms with van der Waals surface area (Å²) in [6.07, 6.45) is 5.36. The van der Waals surface area contributed by atoms with Crippen LogP contribution in [0.2, 0.25) is 0 Å². The fraction of sp³-hybridized carbons (Fsp3) is 0.429. The van der Waals surface area contributed by atoms with Crippen LogP contribution in [0.15, 0.2) is 64.2 Å². The summed E-state index contributed by atoms with van der Waals surface area (Å²) in [6.45, 7) is 1.37. The summed E-state index contributed by atoms with van der Waals surface area (Å²) in [5, 5.41) is 6.45. The van der Waals surface area contributed by atoms with Crippen LogP contribution in [0, 0.1) is 0 Å². The lowest BCUT2D eigenvalue weighted by molar-refractivity contribution is -0.132. The number of furan rings is 1. The number of hydrogen-bond donors (Lipinski definition) is 2. The Labute approximate surface area is 227 Å². The molecule has 1 aliphatic carbocycles. The molecule has 1 unspecified atom stereocenters. The molecule has 2 amide bonds. The number of carbonyl (C=O) groups excluding carboxylic acids is 3. The molecule has 0 bridgehead atoms. The number of hydrogen-bond acceptors (Lipinski definition) is 7. The standard InChI is InChI=1S/C28H32N4O6S/c1-19-12-13-21(22(33)18-32(19)39(36,37)25-11-5-8-16-29-25)30-27(35)28(14-6-2-7-15-28)31-26(34)24-17-20-9-3-4-10-23(20)38-24/h3-5,8-11,16-17,19,21H,2,6-7,12-15,18H2,1H3,(H,30,35)(H,31,34)/t19-,21?/m1/s1. The number of carbonyl (C=O) groups is 3. The molecule has 2 aromatic heterocycles. The van der Waals surface area contributed by atoms with Gasteiger partial charge < -0.3 is 15.1 Å². The van der Waals surface area contributed by atoms with Crippen LogP contribution < -0.4 is 10.6 Å². The maximum absolute atomic E-state index is 13.7. The van der Waals surface area contributed by atoms with E-state index in [4.69, 9.17) is 4.42 Å². The molecular formula is C28H32N4O6S. The van der Waals surface area contributed by atoms with Gasteiger partial charge in [-0.1, -0.05) is 43.5 Å². The largest absolute Gasteiger partial charge is 0.451 e. The number of amides is 2. The molecular weight excluding hydrogens is 520 g/mol. The molecule has 0 radical (unpaired) electrons. The van der Waals surface area contributed by atoms with Crippen LogP contribution in [0.3, 0.4) is 0 Å². The normalized spacial score (nSPS) is 22.2. The van der Waals surface area contributed by atoms with E-state index in [1.165, 1.54) is 12.3 Å². The fourth-order valence-corrected chi connectivity index (χ4v) is 7.02. The molecule has 2 N–H and O–H groups in total. The third kappa shape index (κ3) is 5.46. The second-order valence-electron chi connectivity index (χ2n) is 10.4. The third-order valence-corrected chi connectivity index (χ3v) is 9.60. The molecule has 11 heteroatoms. The SMILES string of the molecule is C[C@@H]1CCC(NC(=O)C2(NC(=O)c3cc4ccccc4o3)CCCCC2)C(=O)CN1S(=O)(=O)c1ccccn1. The Balaban J connectivity index is 1.33. The zero-order valence-electron chi connectivity index (χ0n) is 21.8. The number of nitrogens with zero attached hydrogens (tertiary/aromatic N) is 2. The van der Waals surface area contributed by atoms with Crippen LogP contribution in [-0.4, -0.2) is 59.5 Å². The van der Waals surface area contributed by atoms with Gasteiger partial charge in [-0.15, -0.1) is 0 Å². The lowest BCUT2D eigenvalue weighted by Gasteiger charge is -2.37. The number of pyridine rings is 1. The monoisotopic (exact) mass is 552 g/mol. The molecule has 10 nitrogen and oxygen atoms in total. The Bertz CT molecular complexity index is 1450. The second kappa shape index (κ2) is 10.9. The smallest absolute Gasteiger partial charge is 0.287 e. The Morgan fingerprint density at radius 1 is 1.05 bits per heavy atom. The van der Waals surface area contributed by atoms with Gasteiger partial charge in [0.2, 0.25) is 5.91 Å². The molecule has 3 aromatic rings. The first-order valence-electron chi connectivity index (χ1n) is 13.3. The van der Waals surface area contributed by atoms with E-state index in [1.807, 2.05) is 18.2 Å². The van der Waals surface area contributed by atoms with Crippen LogP contribution in [-0.2, 0) is 19.6 Å². The highest BCUT2D eigenvalue weighted by Gasteiger charge is 2.44. The number of sulfonamides is 1. The number of nitrogens with one attached hydrogen (secondary N) is 2. The van der Waals surface area contributed by atoms with Crippen LogP contribution in [0.5, 0.6) is 0 Å². The van der Waals surface area contributed by atoms with Gasteiger partial charge in [-0.25, -0.2) is 13.4 Å². The highest BCUT2D eigenvalue weighted by molar-refractivity contribution is 7.89. The van der Waals surface area contributed by atoms with Crippen molar-refractivity contribution in [3.63, 3.8) is 0 Å². The van der Waals surface area contributed by atoms with Crippen molar-refractivity contribution in [2.45, 2.75) is 74.5 Å². The molecule has 1 saturated carbocycles. The van der Waals surface area contributed by atoms with E-state index >= 15 is 0 Å². The fourth-order valence-electron chi connectivity index (χ4n) is 5.46. The summed E-state index contributed by atoms with van der Waals surface area (Å²) >= 11 is 0. The van der Waals surface area contributed by atoms with Gasteiger partial charge in [0, 0.05) is 17.6 Å². The van der Waals surface area contributed by atoms with Crippen LogP contribution in [0.4, 0.5) is 0 Å². The first kappa shape index (κ1) is 27.0. The van der Waals surface area contributed by atoms with E-state index in [-0.39, 0.29) is 23.8 Å². The van der Waals surface area contributed by atoms with Gasteiger partial charge in [0.25, 0.3) is 15.9 Å². The van der Waals surface area contributed by atoms with Gasteiger partial charge in [-0.2, -0.15) is 4.31 Å². The summed E-state index contributed by atoms with van der Waals surface area (Å²) in [7, 11) is -3.99. The molecule has 206 valence electrons. The van der Waals surface area contributed by atoms with Gasteiger partial charge in [0.15, 0.2) is 16.6 Å². The number of ketones is 1. The predicted octanol–water partition coefficient (Wildman–Crippen LogP) is 3.19. The Morgan fingerprint density at radius 3 is 2.51 bits per heavy atom. The maximum Gasteiger partial charge on any atom is 0.287 e. The third-order valence-electron chi connectivity index (χ3n) is 7.73. The minimum absolute atomic E-state index is 0.115. The highest BCUT2D eigenvalue weighted by atomic mass is 32.2. The number of fused-ring (bicyclic) bond motifs is 1. The van der Waals surface area contributed by atoms with Crippen molar-refractivity contribution in [3.8, 4) is 0 Å². The average molecular weight is 553 g/mol. The quantitative estimate of drug-likeness (QED) is 0.479. The van der Waals surface area contributed by atoms with E-state index in [0.29, 0.717) is 24.8 Å². The van der Waals surface area contributed by atoms with Gasteiger partial charge in [0.1, 0.15) is 11.1 Å². The highest BCUT2D eigenvalue weighted by Crippen LogP contribution is 2.31. The molecule has 1 aromatic carbocycles. The molecule has 39 heavy (non-hydrogen) atoms. The van der Waals surface area contributed by atoms with Gasteiger partial charge in [0.05, 0.1) is 12.6 Å². The minimum atomic E-state index is -3.99. The van der Waals surface area contributed by atoms with E-state index in [0.717, 1.165) is 29.0 Å². The van der Waals surface area contributed by atoms with Crippen LogP contribution >= 0.6 is 0 Å². The second-order valence-corrected chi connectivity index (χ2v) is 12.2. The van der Waals surface area contributed by atoms with Gasteiger partial charge in [-0.05, 0) is 56.9 Å². The summed E-state index contributed by atoms with van der Waals surface area (Å²) in [4.78, 5) is 44.2. The average Bonchev–Trinajstić information content (AvgIpc) is 3.33. The van der Waals surface area contributed by atoms with Crippen molar-refractivity contribution in [2.24, 2.45) is 0 Å². The van der Waals surface area contributed by atoms with Crippen molar-refractivity contribution >= 4 is 38.6 Å². The molecule has 1 aliphatic heterocycles. The first-order chi connectivity index (χ1) is 18.7. The number of rotatable bonds is 6. The molecule has 2 atom stereocenters. The summed E-state index contributed by atoms with van der Waals surface area (Å²) < 4.78 is 33.3. The predicted molar refractivity (Wildman–Crippen MR) is 143 cm³/mol. The molecule has 2 fully saturated rings. The number of aromatic nitrogens is 1. The van der Waals surface area contributed by atoms with E-state index in [9.17, 15) is 22.8 Å². The van der Waals surface area contributed by atoms with Gasteiger partial charge in [-0.3, -0.25) is 14.4 Å². The minimum Gasteiger partial charge on any atom is -0.451 e. The zero-order chi connectivity index (χ0) is 27.6. The Kier molecular flexibility index (Phi) is 7.55. The first-order valence-corrected chi connectivity index (χ1v) is 14.7. The molecule has 3 heterocycles.